The molecule has 3 aromatic carbocycles. The summed E-state index contributed by atoms with van der Waals surface area (Å²) in [6.45, 7) is 1.18. The Morgan fingerprint density at radius 2 is 1.73 bits per heavy atom. The molecule has 0 radical (unpaired) electrons. The maximum absolute atomic E-state index is 13.7. The quantitative estimate of drug-likeness (QED) is 0.475. The molecular formula is C27H23ClN2O6S. The van der Waals surface area contributed by atoms with E-state index in [0.717, 1.165) is 4.31 Å². The van der Waals surface area contributed by atoms with E-state index in [4.69, 9.17) is 16.3 Å². The zero-order valence-corrected chi connectivity index (χ0v) is 21.4. The number of amides is 1. The van der Waals surface area contributed by atoms with Crippen molar-refractivity contribution < 1.29 is 27.9 Å². The number of halogens is 1. The Bertz CT molecular complexity index is 1500. The highest BCUT2D eigenvalue weighted by molar-refractivity contribution is 7.89. The van der Waals surface area contributed by atoms with E-state index in [-0.39, 0.29) is 28.6 Å². The van der Waals surface area contributed by atoms with Crippen LogP contribution in [0.15, 0.2) is 77.7 Å². The van der Waals surface area contributed by atoms with Crippen LogP contribution < -0.4 is 9.64 Å². The highest BCUT2D eigenvalue weighted by Gasteiger charge is 2.41. The van der Waals surface area contributed by atoms with E-state index in [0.29, 0.717) is 17.0 Å². The molecule has 190 valence electrons. The molecule has 1 heterocycles. The molecule has 0 saturated heterocycles. The smallest absolute Gasteiger partial charge is 0.323 e. The third kappa shape index (κ3) is 5.47. The summed E-state index contributed by atoms with van der Waals surface area (Å²) in [5.74, 6) is 3.97. The van der Waals surface area contributed by atoms with Crippen LogP contribution in [0.5, 0.6) is 5.75 Å². The van der Waals surface area contributed by atoms with Gasteiger partial charge in [-0.15, -0.1) is 5.92 Å². The molecule has 10 heteroatoms. The van der Waals surface area contributed by atoms with Crippen LogP contribution in [-0.2, 0) is 21.4 Å². The van der Waals surface area contributed by atoms with Crippen LogP contribution in [0.3, 0.4) is 0 Å². The monoisotopic (exact) mass is 538 g/mol. The van der Waals surface area contributed by atoms with E-state index < -0.39 is 34.5 Å². The summed E-state index contributed by atoms with van der Waals surface area (Å²) in [5, 5.41) is 10.3. The summed E-state index contributed by atoms with van der Waals surface area (Å²) in [6.07, 6.45) is 0. The van der Waals surface area contributed by atoms with E-state index in [1.165, 1.54) is 35.2 Å². The number of benzene rings is 3. The molecule has 0 fully saturated rings. The second-order valence-corrected chi connectivity index (χ2v) is 10.4. The second-order valence-electron chi connectivity index (χ2n) is 8.12. The van der Waals surface area contributed by atoms with Crippen molar-refractivity contribution >= 4 is 39.2 Å². The molecule has 1 amide bonds. The van der Waals surface area contributed by atoms with Crippen LogP contribution in [0, 0.1) is 11.8 Å². The maximum atomic E-state index is 13.7. The molecule has 3 aromatic rings. The number of carbonyl (C=O) groups is 2. The van der Waals surface area contributed by atoms with Crippen molar-refractivity contribution in [2.75, 3.05) is 18.1 Å². The maximum Gasteiger partial charge on any atom is 0.323 e. The van der Waals surface area contributed by atoms with E-state index >= 15 is 0 Å². The average molecular weight is 539 g/mol. The fourth-order valence-electron chi connectivity index (χ4n) is 4.01. The fraction of sp³-hybridized carbons (Fsp3) is 0.185. The SMILES string of the molecule is CC#CCOc1ccc(S(=O)(=O)N2Cc3ccccc3N(C(=O)c3ccccc3Cl)CC2C(=O)O)cc1. The van der Waals surface area contributed by atoms with Gasteiger partial charge >= 0.3 is 5.97 Å². The summed E-state index contributed by atoms with van der Waals surface area (Å²) >= 11 is 6.25. The van der Waals surface area contributed by atoms with Crippen molar-refractivity contribution in [2.45, 2.75) is 24.4 Å². The zero-order valence-electron chi connectivity index (χ0n) is 19.8. The van der Waals surface area contributed by atoms with Gasteiger partial charge in [-0.3, -0.25) is 9.59 Å². The van der Waals surface area contributed by atoms with Gasteiger partial charge in [-0.05, 0) is 55.0 Å². The molecule has 1 aliphatic rings. The second kappa shape index (κ2) is 11.0. The Morgan fingerprint density at radius 1 is 1.05 bits per heavy atom. The molecule has 0 saturated carbocycles. The van der Waals surface area contributed by atoms with Crippen molar-refractivity contribution in [2.24, 2.45) is 0 Å². The summed E-state index contributed by atoms with van der Waals surface area (Å²) < 4.78 is 33.8. The van der Waals surface area contributed by atoms with E-state index in [9.17, 15) is 23.1 Å². The molecule has 1 unspecified atom stereocenters. The third-order valence-electron chi connectivity index (χ3n) is 5.86. The molecule has 1 N–H and O–H groups in total. The van der Waals surface area contributed by atoms with Crippen molar-refractivity contribution in [1.82, 2.24) is 4.31 Å². The topological polar surface area (TPSA) is 104 Å². The van der Waals surface area contributed by atoms with Crippen LogP contribution in [0.4, 0.5) is 5.69 Å². The minimum atomic E-state index is -4.28. The number of para-hydroxylation sites is 1. The van der Waals surface area contributed by atoms with Gasteiger partial charge in [0.15, 0.2) is 0 Å². The molecular weight excluding hydrogens is 516 g/mol. The number of sulfonamides is 1. The summed E-state index contributed by atoms with van der Waals surface area (Å²) in [4.78, 5) is 27.1. The first-order chi connectivity index (χ1) is 17.7. The van der Waals surface area contributed by atoms with Gasteiger partial charge in [0.05, 0.1) is 22.0 Å². The van der Waals surface area contributed by atoms with Gasteiger partial charge in [-0.1, -0.05) is 47.9 Å². The highest BCUT2D eigenvalue weighted by atomic mass is 35.5. The van der Waals surface area contributed by atoms with Gasteiger partial charge in [-0.25, -0.2) is 8.42 Å². The van der Waals surface area contributed by atoms with Gasteiger partial charge < -0.3 is 14.7 Å². The number of ether oxygens (including phenoxy) is 1. The van der Waals surface area contributed by atoms with E-state index in [1.54, 1.807) is 49.4 Å². The number of carboxylic acid groups (broad SMARTS) is 1. The van der Waals surface area contributed by atoms with Crippen molar-refractivity contribution in [3.05, 3.63) is 88.9 Å². The van der Waals surface area contributed by atoms with Crippen LogP contribution in [0.2, 0.25) is 5.02 Å². The molecule has 4 rings (SSSR count). The number of nitrogens with zero attached hydrogens (tertiary/aromatic N) is 2. The highest BCUT2D eigenvalue weighted by Crippen LogP contribution is 2.33. The minimum absolute atomic E-state index is 0.101. The Morgan fingerprint density at radius 3 is 2.41 bits per heavy atom. The number of fused-ring (bicyclic) bond motifs is 1. The Labute approximate surface area is 220 Å². The minimum Gasteiger partial charge on any atom is -0.481 e. The Hall–Kier alpha value is -3.84. The fourth-order valence-corrected chi connectivity index (χ4v) is 5.78. The average Bonchev–Trinajstić information content (AvgIpc) is 3.07. The molecule has 0 aliphatic carbocycles. The van der Waals surface area contributed by atoms with Crippen LogP contribution in [0.1, 0.15) is 22.8 Å². The van der Waals surface area contributed by atoms with E-state index in [1.807, 2.05) is 0 Å². The van der Waals surface area contributed by atoms with Crippen LogP contribution in [-0.4, -0.2) is 48.9 Å². The van der Waals surface area contributed by atoms with Gasteiger partial charge in [0.2, 0.25) is 10.0 Å². The number of hydrogen-bond donors (Lipinski definition) is 1. The lowest BCUT2D eigenvalue weighted by Gasteiger charge is -2.28. The number of aliphatic carboxylic acids is 1. The van der Waals surface area contributed by atoms with Crippen LogP contribution >= 0.6 is 11.6 Å². The largest absolute Gasteiger partial charge is 0.481 e. The van der Waals surface area contributed by atoms with Crippen molar-refractivity contribution in [3.8, 4) is 17.6 Å². The molecule has 0 spiro atoms. The van der Waals surface area contributed by atoms with Crippen LogP contribution in [0.25, 0.3) is 0 Å². The third-order valence-corrected chi connectivity index (χ3v) is 8.06. The Balaban J connectivity index is 1.74. The van der Waals surface area contributed by atoms with E-state index in [2.05, 4.69) is 11.8 Å². The zero-order chi connectivity index (χ0) is 26.6. The first-order valence-corrected chi connectivity index (χ1v) is 13.1. The first-order valence-electron chi connectivity index (χ1n) is 11.3. The summed E-state index contributed by atoms with van der Waals surface area (Å²) in [5.41, 5.74) is 1.08. The molecule has 8 nitrogen and oxygen atoms in total. The van der Waals surface area contributed by atoms with Gasteiger partial charge in [0, 0.05) is 12.2 Å². The number of carboxylic acids is 1. The molecule has 0 bridgehead atoms. The first kappa shape index (κ1) is 26.2. The lowest BCUT2D eigenvalue weighted by molar-refractivity contribution is -0.141. The lowest BCUT2D eigenvalue weighted by atomic mass is 10.1. The summed E-state index contributed by atoms with van der Waals surface area (Å²) in [6, 6.07) is 17.3. The van der Waals surface area contributed by atoms with Crippen molar-refractivity contribution in [1.29, 1.82) is 0 Å². The molecule has 1 aliphatic heterocycles. The van der Waals surface area contributed by atoms with Gasteiger partial charge in [0.1, 0.15) is 18.4 Å². The molecule has 37 heavy (non-hydrogen) atoms. The number of hydrogen-bond acceptors (Lipinski definition) is 5. The number of carbonyl (C=O) groups excluding carboxylic acids is 1. The van der Waals surface area contributed by atoms with Gasteiger partial charge in [-0.2, -0.15) is 4.31 Å². The number of rotatable bonds is 6. The van der Waals surface area contributed by atoms with Gasteiger partial charge in [0.25, 0.3) is 5.91 Å². The Kier molecular flexibility index (Phi) is 7.83. The number of anilines is 1. The molecule has 0 aromatic heterocycles. The predicted octanol–water partition coefficient (Wildman–Crippen LogP) is 4.05. The standard InChI is InChI=1S/C27H23ClN2O6S/c1-2-3-16-36-20-12-14-21(15-13-20)37(34,35)30-17-19-8-4-7-11-24(19)29(18-25(30)27(32)33)26(31)22-9-5-6-10-23(22)28/h4-15,25H,16-18H2,1H3,(H,32,33). The lowest BCUT2D eigenvalue weighted by Crippen LogP contribution is -2.50. The van der Waals surface area contributed by atoms with Crippen molar-refractivity contribution in [3.63, 3.8) is 0 Å². The normalized spacial score (nSPS) is 15.6. The summed E-state index contributed by atoms with van der Waals surface area (Å²) in [7, 11) is -4.28. The predicted molar refractivity (Wildman–Crippen MR) is 139 cm³/mol. The molecule has 1 atom stereocenters.